The zero-order chi connectivity index (χ0) is 15.9. The van der Waals surface area contributed by atoms with Gasteiger partial charge in [-0.3, -0.25) is 4.79 Å². The Morgan fingerprint density at radius 3 is 2.64 bits per heavy atom. The molecule has 3 nitrogen and oxygen atoms in total. The summed E-state index contributed by atoms with van der Waals surface area (Å²) < 4.78 is 0.738. The Labute approximate surface area is 139 Å². The molecule has 2 N–H and O–H groups in total. The summed E-state index contributed by atoms with van der Waals surface area (Å²) in [5.41, 5.74) is 1.06. The average Bonchev–Trinajstić information content (AvgIpc) is 2.92. The number of halogens is 1. The van der Waals surface area contributed by atoms with E-state index in [4.69, 9.17) is 11.6 Å². The first-order valence-electron chi connectivity index (χ1n) is 7.30. The molecule has 0 saturated carbocycles. The van der Waals surface area contributed by atoms with Crippen LogP contribution in [0.5, 0.6) is 0 Å². The number of carbonyl (C=O) groups is 1. The molecule has 22 heavy (non-hydrogen) atoms. The predicted molar refractivity (Wildman–Crippen MR) is 91.4 cm³/mol. The summed E-state index contributed by atoms with van der Waals surface area (Å²) in [5, 5.41) is 13.0. The van der Waals surface area contributed by atoms with Gasteiger partial charge in [0.15, 0.2) is 0 Å². The number of hydrogen-bond acceptors (Lipinski definition) is 3. The Balaban J connectivity index is 1.75. The van der Waals surface area contributed by atoms with Crippen molar-refractivity contribution in [3.8, 4) is 0 Å². The third-order valence-electron chi connectivity index (χ3n) is 3.48. The molecular weight excluding hydrogens is 318 g/mol. The first-order valence-corrected chi connectivity index (χ1v) is 8.49. The molecule has 1 amide bonds. The minimum Gasteiger partial charge on any atom is -0.391 e. The fraction of sp³-hybridized carbons (Fsp3) is 0.353. The molecule has 0 bridgehead atoms. The predicted octanol–water partition coefficient (Wildman–Crippen LogP) is 3.44. The molecule has 1 heterocycles. The number of aliphatic hydroxyl groups is 1. The van der Waals surface area contributed by atoms with Crippen LogP contribution >= 0.6 is 22.9 Å². The first-order chi connectivity index (χ1) is 10.5. The van der Waals surface area contributed by atoms with Gasteiger partial charge in [-0.05, 0) is 31.0 Å². The molecule has 1 aromatic heterocycles. The molecule has 118 valence electrons. The van der Waals surface area contributed by atoms with Crippen LogP contribution in [0.4, 0.5) is 0 Å². The summed E-state index contributed by atoms with van der Waals surface area (Å²) in [7, 11) is 0. The van der Waals surface area contributed by atoms with Crippen LogP contribution in [-0.2, 0) is 17.6 Å². The molecule has 0 aliphatic carbocycles. The maximum Gasteiger partial charge on any atom is 0.220 e. The number of rotatable bonds is 7. The van der Waals surface area contributed by atoms with Gasteiger partial charge in [-0.15, -0.1) is 11.3 Å². The summed E-state index contributed by atoms with van der Waals surface area (Å²) in [5.74, 6) is -0.0517. The number of hydrogen-bond donors (Lipinski definition) is 2. The quantitative estimate of drug-likeness (QED) is 0.813. The number of amides is 1. The second-order valence-corrected chi connectivity index (χ2v) is 7.12. The summed E-state index contributed by atoms with van der Waals surface area (Å²) in [4.78, 5) is 13.0. The molecule has 0 fully saturated rings. The highest BCUT2D eigenvalue weighted by Gasteiger charge is 2.17. The molecule has 0 spiro atoms. The lowest BCUT2D eigenvalue weighted by molar-refractivity contribution is -0.122. The monoisotopic (exact) mass is 337 g/mol. The van der Waals surface area contributed by atoms with E-state index in [0.29, 0.717) is 19.3 Å². The number of aliphatic hydroxyl groups excluding tert-OH is 1. The van der Waals surface area contributed by atoms with E-state index in [1.165, 1.54) is 11.3 Å². The summed E-state index contributed by atoms with van der Waals surface area (Å²) >= 11 is 7.36. The van der Waals surface area contributed by atoms with Crippen LogP contribution in [0.3, 0.4) is 0 Å². The third kappa shape index (κ3) is 5.44. The van der Waals surface area contributed by atoms with E-state index in [2.05, 4.69) is 5.32 Å². The number of nitrogens with one attached hydrogen (secondary N) is 1. The molecule has 2 atom stereocenters. The van der Waals surface area contributed by atoms with E-state index < -0.39 is 6.10 Å². The van der Waals surface area contributed by atoms with Crippen molar-refractivity contribution in [2.24, 2.45) is 0 Å². The van der Waals surface area contributed by atoms with Crippen LogP contribution in [0.25, 0.3) is 0 Å². The zero-order valence-corrected chi connectivity index (χ0v) is 14.0. The Hall–Kier alpha value is -1.36. The molecule has 1 aromatic carbocycles. The van der Waals surface area contributed by atoms with Crippen molar-refractivity contribution in [2.45, 2.75) is 38.3 Å². The fourth-order valence-electron chi connectivity index (χ4n) is 2.18. The molecule has 0 aliphatic heterocycles. The number of aryl methyl sites for hydroxylation is 1. The second-order valence-electron chi connectivity index (χ2n) is 5.32. The molecule has 5 heteroatoms. The van der Waals surface area contributed by atoms with E-state index >= 15 is 0 Å². The fourth-order valence-corrected chi connectivity index (χ4v) is 3.26. The molecule has 0 aliphatic rings. The minimum atomic E-state index is -0.595. The average molecular weight is 338 g/mol. The van der Waals surface area contributed by atoms with Crippen LogP contribution in [0.1, 0.15) is 23.8 Å². The molecule has 2 aromatic rings. The van der Waals surface area contributed by atoms with Gasteiger partial charge in [0.2, 0.25) is 5.91 Å². The van der Waals surface area contributed by atoms with Crippen LogP contribution in [0, 0.1) is 0 Å². The van der Waals surface area contributed by atoms with Crippen molar-refractivity contribution in [3.05, 3.63) is 57.2 Å². The van der Waals surface area contributed by atoms with Crippen molar-refractivity contribution >= 4 is 28.8 Å². The first kappa shape index (κ1) is 17.0. The highest BCUT2D eigenvalue weighted by molar-refractivity contribution is 7.16. The van der Waals surface area contributed by atoms with E-state index in [-0.39, 0.29) is 11.9 Å². The van der Waals surface area contributed by atoms with Gasteiger partial charge in [-0.2, -0.15) is 0 Å². The van der Waals surface area contributed by atoms with Gasteiger partial charge in [0, 0.05) is 17.7 Å². The maximum atomic E-state index is 11.9. The van der Waals surface area contributed by atoms with E-state index in [9.17, 15) is 9.90 Å². The van der Waals surface area contributed by atoms with Gasteiger partial charge in [-0.1, -0.05) is 41.9 Å². The largest absolute Gasteiger partial charge is 0.391 e. The topological polar surface area (TPSA) is 49.3 Å². The summed E-state index contributed by atoms with van der Waals surface area (Å²) in [6.45, 7) is 1.83. The van der Waals surface area contributed by atoms with Crippen molar-refractivity contribution in [3.63, 3.8) is 0 Å². The second kappa shape index (κ2) is 8.32. The lowest BCUT2D eigenvalue weighted by Crippen LogP contribution is -2.42. The maximum absolute atomic E-state index is 11.9. The Morgan fingerprint density at radius 2 is 2.00 bits per heavy atom. The Morgan fingerprint density at radius 1 is 1.27 bits per heavy atom. The van der Waals surface area contributed by atoms with Crippen molar-refractivity contribution in [1.29, 1.82) is 0 Å². The van der Waals surface area contributed by atoms with Crippen LogP contribution in [0.2, 0.25) is 4.34 Å². The minimum absolute atomic E-state index is 0.0517. The molecule has 0 radical (unpaired) electrons. The normalized spacial score (nSPS) is 13.6. The van der Waals surface area contributed by atoms with Crippen molar-refractivity contribution in [2.75, 3.05) is 0 Å². The third-order valence-corrected chi connectivity index (χ3v) is 4.77. The molecule has 2 rings (SSSR count). The highest BCUT2D eigenvalue weighted by Crippen LogP contribution is 2.22. The van der Waals surface area contributed by atoms with Gasteiger partial charge in [0.05, 0.1) is 16.5 Å². The van der Waals surface area contributed by atoms with Crippen molar-refractivity contribution in [1.82, 2.24) is 5.32 Å². The van der Waals surface area contributed by atoms with Crippen LogP contribution in [0.15, 0.2) is 42.5 Å². The molecule has 2 unspecified atom stereocenters. The molecular formula is C17H20ClNO2S. The van der Waals surface area contributed by atoms with E-state index in [1.54, 1.807) is 0 Å². The summed E-state index contributed by atoms with van der Waals surface area (Å²) in [6, 6.07) is 13.3. The number of carbonyl (C=O) groups excluding carboxylic acids is 1. The standard InChI is InChI=1S/C17H20ClNO2S/c1-12(15(20)11-13-5-3-2-4-6-13)19-17(21)10-8-14-7-9-16(18)22-14/h2-7,9,12,15,20H,8,10-11H2,1H3,(H,19,21). The Bertz CT molecular complexity index is 600. The highest BCUT2D eigenvalue weighted by atomic mass is 35.5. The SMILES string of the molecule is CC(NC(=O)CCc1ccc(Cl)s1)C(O)Cc1ccccc1. The van der Waals surface area contributed by atoms with Crippen LogP contribution in [-0.4, -0.2) is 23.2 Å². The van der Waals surface area contributed by atoms with Gasteiger partial charge < -0.3 is 10.4 Å². The van der Waals surface area contributed by atoms with Crippen LogP contribution < -0.4 is 5.32 Å². The lowest BCUT2D eigenvalue weighted by atomic mass is 10.0. The lowest BCUT2D eigenvalue weighted by Gasteiger charge is -2.20. The van der Waals surface area contributed by atoms with Gasteiger partial charge in [-0.25, -0.2) is 0 Å². The van der Waals surface area contributed by atoms with E-state index in [1.807, 2.05) is 49.4 Å². The number of benzene rings is 1. The number of thiophene rings is 1. The van der Waals surface area contributed by atoms with Crippen molar-refractivity contribution < 1.29 is 9.90 Å². The summed E-state index contributed by atoms with van der Waals surface area (Å²) in [6.07, 6.45) is 1.01. The molecule has 0 saturated heterocycles. The van der Waals surface area contributed by atoms with E-state index in [0.717, 1.165) is 14.8 Å². The van der Waals surface area contributed by atoms with Gasteiger partial charge in [0.25, 0.3) is 0 Å². The smallest absolute Gasteiger partial charge is 0.220 e. The van der Waals surface area contributed by atoms with Gasteiger partial charge in [0.1, 0.15) is 0 Å². The zero-order valence-electron chi connectivity index (χ0n) is 12.5. The Kier molecular flexibility index (Phi) is 6.43. The van der Waals surface area contributed by atoms with Gasteiger partial charge >= 0.3 is 0 Å².